The van der Waals surface area contributed by atoms with Crippen LogP contribution >= 0.6 is 11.8 Å². The summed E-state index contributed by atoms with van der Waals surface area (Å²) in [6.07, 6.45) is 1.10. The highest BCUT2D eigenvalue weighted by atomic mass is 32.2. The van der Waals surface area contributed by atoms with Crippen molar-refractivity contribution < 1.29 is 4.79 Å². The molecule has 0 radical (unpaired) electrons. The van der Waals surface area contributed by atoms with Crippen LogP contribution in [-0.4, -0.2) is 30.0 Å². The van der Waals surface area contributed by atoms with Crippen molar-refractivity contribution in [2.45, 2.75) is 12.5 Å². The fraction of sp³-hybridized carbons (Fsp3) is 0.417. The number of hydrogen-bond donors (Lipinski definition) is 2. The molecule has 0 saturated carbocycles. The van der Waals surface area contributed by atoms with Crippen LogP contribution in [-0.2, 0) is 4.79 Å². The van der Waals surface area contributed by atoms with Crippen LogP contribution in [0.25, 0.3) is 0 Å². The van der Waals surface area contributed by atoms with Gasteiger partial charge in [0.05, 0.1) is 6.54 Å². The van der Waals surface area contributed by atoms with Gasteiger partial charge >= 0.3 is 0 Å². The van der Waals surface area contributed by atoms with E-state index < -0.39 is 0 Å². The van der Waals surface area contributed by atoms with Gasteiger partial charge in [0, 0.05) is 17.5 Å². The van der Waals surface area contributed by atoms with Crippen molar-refractivity contribution >= 4 is 23.4 Å². The summed E-state index contributed by atoms with van der Waals surface area (Å²) in [5.41, 5.74) is 0.985. The quantitative estimate of drug-likeness (QED) is 0.836. The molecule has 16 heavy (non-hydrogen) atoms. The zero-order valence-corrected chi connectivity index (χ0v) is 9.93. The van der Waals surface area contributed by atoms with Crippen molar-refractivity contribution in [1.82, 2.24) is 5.32 Å². The van der Waals surface area contributed by atoms with E-state index >= 15 is 0 Å². The molecule has 2 N–H and O–H groups in total. The Labute approximate surface area is 100.0 Å². The molecule has 0 aliphatic carbocycles. The number of benzene rings is 1. The smallest absolute Gasteiger partial charge is 0.239 e. The molecule has 4 heteroatoms. The largest absolute Gasteiger partial charge is 0.376 e. The second kappa shape index (κ2) is 5.80. The highest BCUT2D eigenvalue weighted by molar-refractivity contribution is 7.99. The number of thioether (sulfide) groups is 1. The molecular weight excluding hydrogens is 220 g/mol. The Balaban J connectivity index is 1.71. The van der Waals surface area contributed by atoms with E-state index in [1.54, 1.807) is 0 Å². The first-order valence-electron chi connectivity index (χ1n) is 5.50. The summed E-state index contributed by atoms with van der Waals surface area (Å²) in [5, 5.41) is 6.13. The molecule has 1 aromatic carbocycles. The van der Waals surface area contributed by atoms with Gasteiger partial charge in [-0.05, 0) is 24.3 Å². The molecule has 2 rings (SSSR count). The van der Waals surface area contributed by atoms with Crippen LogP contribution in [0.5, 0.6) is 0 Å². The fourth-order valence-electron chi connectivity index (χ4n) is 1.67. The zero-order chi connectivity index (χ0) is 11.2. The minimum Gasteiger partial charge on any atom is -0.376 e. The summed E-state index contributed by atoms with van der Waals surface area (Å²) in [6, 6.07) is 10.1. The maximum Gasteiger partial charge on any atom is 0.239 e. The van der Waals surface area contributed by atoms with Crippen LogP contribution in [0.3, 0.4) is 0 Å². The Hall–Kier alpha value is -1.16. The molecule has 1 amide bonds. The van der Waals surface area contributed by atoms with E-state index in [-0.39, 0.29) is 5.91 Å². The molecule has 86 valence electrons. The SMILES string of the molecule is O=C(CNc1ccccc1)NC1CCSC1. The molecular formula is C12H16N2OS. The molecule has 0 bridgehead atoms. The zero-order valence-electron chi connectivity index (χ0n) is 9.11. The first kappa shape index (κ1) is 11.3. The van der Waals surface area contributed by atoms with Gasteiger partial charge in [0.15, 0.2) is 0 Å². The lowest BCUT2D eigenvalue weighted by molar-refractivity contribution is -0.119. The molecule has 1 atom stereocenters. The number of hydrogen-bond acceptors (Lipinski definition) is 3. The molecule has 0 spiro atoms. The van der Waals surface area contributed by atoms with E-state index in [0.29, 0.717) is 12.6 Å². The van der Waals surface area contributed by atoms with Gasteiger partial charge in [0.2, 0.25) is 5.91 Å². The average Bonchev–Trinajstić information content (AvgIpc) is 2.81. The summed E-state index contributed by atoms with van der Waals surface area (Å²) in [7, 11) is 0. The predicted octanol–water partition coefficient (Wildman–Crippen LogP) is 1.72. The fourth-order valence-corrected chi connectivity index (χ4v) is 2.82. The monoisotopic (exact) mass is 236 g/mol. The highest BCUT2D eigenvalue weighted by Crippen LogP contribution is 2.16. The second-order valence-corrected chi connectivity index (χ2v) is 5.00. The lowest BCUT2D eigenvalue weighted by Gasteiger charge is -2.12. The maximum absolute atomic E-state index is 11.6. The Morgan fingerprint density at radius 2 is 2.19 bits per heavy atom. The van der Waals surface area contributed by atoms with Crippen molar-refractivity contribution in [1.29, 1.82) is 0 Å². The van der Waals surface area contributed by atoms with Crippen molar-refractivity contribution in [3.05, 3.63) is 30.3 Å². The van der Waals surface area contributed by atoms with Gasteiger partial charge in [-0.25, -0.2) is 0 Å². The standard InChI is InChI=1S/C12H16N2OS/c15-12(14-11-6-7-16-9-11)8-13-10-4-2-1-3-5-10/h1-5,11,13H,6-9H2,(H,14,15). The van der Waals surface area contributed by atoms with Gasteiger partial charge in [-0.1, -0.05) is 18.2 Å². The molecule has 1 aliphatic rings. The summed E-state index contributed by atoms with van der Waals surface area (Å²) in [6.45, 7) is 0.352. The average molecular weight is 236 g/mol. The first-order valence-corrected chi connectivity index (χ1v) is 6.66. The first-order chi connectivity index (χ1) is 7.84. The molecule has 1 saturated heterocycles. The number of rotatable bonds is 4. The molecule has 1 unspecified atom stereocenters. The topological polar surface area (TPSA) is 41.1 Å². The summed E-state index contributed by atoms with van der Waals surface area (Å²) in [5.74, 6) is 2.30. The normalized spacial score (nSPS) is 19.4. The minimum absolute atomic E-state index is 0.0800. The summed E-state index contributed by atoms with van der Waals surface area (Å²) < 4.78 is 0. The van der Waals surface area contributed by atoms with E-state index in [1.165, 1.54) is 0 Å². The van der Waals surface area contributed by atoms with Crippen molar-refractivity contribution in [2.75, 3.05) is 23.4 Å². The van der Waals surface area contributed by atoms with Crippen molar-refractivity contribution in [2.24, 2.45) is 0 Å². The second-order valence-electron chi connectivity index (χ2n) is 3.85. The van der Waals surface area contributed by atoms with Crippen LogP contribution < -0.4 is 10.6 Å². The van der Waals surface area contributed by atoms with Crippen LogP contribution in [0, 0.1) is 0 Å². The third-order valence-corrected chi connectivity index (χ3v) is 3.68. The minimum atomic E-state index is 0.0800. The lowest BCUT2D eigenvalue weighted by Crippen LogP contribution is -2.38. The molecule has 1 aliphatic heterocycles. The van der Waals surface area contributed by atoms with Crippen molar-refractivity contribution in [3.8, 4) is 0 Å². The Kier molecular flexibility index (Phi) is 4.10. The lowest BCUT2D eigenvalue weighted by atomic mass is 10.2. The van der Waals surface area contributed by atoms with Crippen LogP contribution in [0.15, 0.2) is 30.3 Å². The van der Waals surface area contributed by atoms with Gasteiger partial charge in [0.25, 0.3) is 0 Å². The van der Waals surface area contributed by atoms with Crippen LogP contribution in [0.2, 0.25) is 0 Å². The van der Waals surface area contributed by atoms with Crippen molar-refractivity contribution in [3.63, 3.8) is 0 Å². The maximum atomic E-state index is 11.6. The third-order valence-electron chi connectivity index (χ3n) is 2.52. The van der Waals surface area contributed by atoms with Gasteiger partial charge in [-0.2, -0.15) is 11.8 Å². The number of para-hydroxylation sites is 1. The van der Waals surface area contributed by atoms with Gasteiger partial charge < -0.3 is 10.6 Å². The third kappa shape index (κ3) is 3.45. The van der Waals surface area contributed by atoms with Gasteiger partial charge in [0.1, 0.15) is 0 Å². The number of carbonyl (C=O) groups excluding carboxylic acids is 1. The predicted molar refractivity (Wildman–Crippen MR) is 68.8 cm³/mol. The molecule has 3 nitrogen and oxygen atoms in total. The van der Waals surface area contributed by atoms with Gasteiger partial charge in [-0.3, -0.25) is 4.79 Å². The highest BCUT2D eigenvalue weighted by Gasteiger charge is 2.16. The van der Waals surface area contributed by atoms with E-state index in [0.717, 1.165) is 23.6 Å². The molecule has 0 aromatic heterocycles. The van der Waals surface area contributed by atoms with E-state index in [4.69, 9.17) is 0 Å². The number of amides is 1. The van der Waals surface area contributed by atoms with Crippen LogP contribution in [0.1, 0.15) is 6.42 Å². The van der Waals surface area contributed by atoms with E-state index in [1.807, 2.05) is 42.1 Å². The molecule has 1 aromatic rings. The molecule has 1 heterocycles. The number of nitrogens with one attached hydrogen (secondary N) is 2. The summed E-state index contributed by atoms with van der Waals surface area (Å²) >= 11 is 1.90. The van der Waals surface area contributed by atoms with Crippen LogP contribution in [0.4, 0.5) is 5.69 Å². The Morgan fingerprint density at radius 1 is 1.38 bits per heavy atom. The number of anilines is 1. The van der Waals surface area contributed by atoms with E-state index in [2.05, 4.69) is 10.6 Å². The van der Waals surface area contributed by atoms with E-state index in [9.17, 15) is 4.79 Å². The molecule has 1 fully saturated rings. The Bertz CT molecular complexity index is 336. The number of carbonyl (C=O) groups is 1. The Morgan fingerprint density at radius 3 is 2.88 bits per heavy atom. The summed E-state index contributed by atoms with van der Waals surface area (Å²) in [4.78, 5) is 11.6. The van der Waals surface area contributed by atoms with Gasteiger partial charge in [-0.15, -0.1) is 0 Å².